The number of hydrogen-bond acceptors (Lipinski definition) is 4. The predicted molar refractivity (Wildman–Crippen MR) is 73.6 cm³/mol. The third kappa shape index (κ3) is 4.05. The minimum atomic E-state index is -0.312. The van der Waals surface area contributed by atoms with E-state index >= 15 is 0 Å². The molecule has 2 N–H and O–H groups in total. The van der Waals surface area contributed by atoms with Crippen LogP contribution in [-0.4, -0.2) is 22.7 Å². The molecule has 3 nitrogen and oxygen atoms in total. The summed E-state index contributed by atoms with van der Waals surface area (Å²) in [5, 5.41) is 13.8. The summed E-state index contributed by atoms with van der Waals surface area (Å²) < 4.78 is 0. The van der Waals surface area contributed by atoms with E-state index in [-0.39, 0.29) is 17.6 Å². The summed E-state index contributed by atoms with van der Waals surface area (Å²) in [4.78, 5) is 5.92. The Morgan fingerprint density at radius 3 is 2.35 bits per heavy atom. The third-order valence-electron chi connectivity index (χ3n) is 2.59. The van der Waals surface area contributed by atoms with Crippen LogP contribution in [0.15, 0.2) is 0 Å². The fourth-order valence-electron chi connectivity index (χ4n) is 1.57. The molecule has 4 heteroatoms. The Kier molecular flexibility index (Phi) is 4.69. The van der Waals surface area contributed by atoms with Crippen LogP contribution in [0.5, 0.6) is 0 Å². The first kappa shape index (κ1) is 14.6. The van der Waals surface area contributed by atoms with Crippen LogP contribution in [0.3, 0.4) is 0 Å². The highest BCUT2D eigenvalue weighted by molar-refractivity contribution is 7.12. The van der Waals surface area contributed by atoms with Crippen LogP contribution in [0, 0.1) is 6.92 Å². The zero-order valence-electron chi connectivity index (χ0n) is 11.7. The Labute approximate surface area is 108 Å². The van der Waals surface area contributed by atoms with Crippen molar-refractivity contribution in [3.05, 3.63) is 15.6 Å². The van der Waals surface area contributed by atoms with Crippen molar-refractivity contribution in [2.75, 3.05) is 6.54 Å². The van der Waals surface area contributed by atoms with E-state index in [0.29, 0.717) is 6.54 Å². The molecule has 0 aliphatic carbocycles. The topological polar surface area (TPSA) is 45.2 Å². The number of nitrogens with zero attached hydrogens (tertiary/aromatic N) is 1. The van der Waals surface area contributed by atoms with Crippen LogP contribution in [-0.2, 0) is 5.41 Å². The number of aromatic nitrogens is 1. The Morgan fingerprint density at radius 2 is 1.94 bits per heavy atom. The molecule has 0 saturated heterocycles. The van der Waals surface area contributed by atoms with Gasteiger partial charge in [0.1, 0.15) is 0 Å². The van der Waals surface area contributed by atoms with Crippen LogP contribution < -0.4 is 5.32 Å². The van der Waals surface area contributed by atoms with E-state index in [1.807, 2.05) is 0 Å². The van der Waals surface area contributed by atoms with Gasteiger partial charge in [0.05, 0.1) is 16.8 Å². The Hall–Kier alpha value is -0.450. The summed E-state index contributed by atoms with van der Waals surface area (Å²) in [7, 11) is 0. The smallest absolute Gasteiger partial charge is 0.0985 e. The van der Waals surface area contributed by atoms with Crippen molar-refractivity contribution in [1.29, 1.82) is 0 Å². The molecule has 2 atom stereocenters. The van der Waals surface area contributed by atoms with Gasteiger partial charge in [0, 0.05) is 22.9 Å². The number of thiazole rings is 1. The molecule has 1 aromatic heterocycles. The quantitative estimate of drug-likeness (QED) is 0.870. The maximum atomic E-state index is 9.28. The summed E-state index contributed by atoms with van der Waals surface area (Å²) >= 11 is 1.77. The monoisotopic (exact) mass is 256 g/mol. The van der Waals surface area contributed by atoms with Gasteiger partial charge in [-0.3, -0.25) is 0 Å². The molecule has 0 spiro atoms. The predicted octanol–water partition coefficient (Wildman–Crippen LogP) is 2.78. The molecule has 0 aliphatic heterocycles. The number of rotatable bonds is 4. The Morgan fingerprint density at radius 1 is 1.35 bits per heavy atom. The van der Waals surface area contributed by atoms with Crippen LogP contribution >= 0.6 is 11.3 Å². The van der Waals surface area contributed by atoms with Crippen molar-refractivity contribution in [2.45, 2.75) is 59.1 Å². The van der Waals surface area contributed by atoms with Crippen molar-refractivity contribution in [3.8, 4) is 0 Å². The second-order valence-corrected chi connectivity index (χ2v) is 6.73. The average Bonchev–Trinajstić information content (AvgIpc) is 2.56. The van der Waals surface area contributed by atoms with Crippen molar-refractivity contribution in [1.82, 2.24) is 10.3 Å². The maximum absolute atomic E-state index is 9.28. The van der Waals surface area contributed by atoms with Crippen LogP contribution in [0.2, 0.25) is 0 Å². The van der Waals surface area contributed by atoms with Crippen LogP contribution in [0.1, 0.15) is 56.2 Å². The molecular formula is C13H24N2OS. The number of aryl methyl sites for hydroxylation is 1. The minimum absolute atomic E-state index is 0.109. The van der Waals surface area contributed by atoms with Gasteiger partial charge in [0.2, 0.25) is 0 Å². The average molecular weight is 256 g/mol. The molecule has 0 saturated carbocycles. The maximum Gasteiger partial charge on any atom is 0.0985 e. The highest BCUT2D eigenvalue weighted by Crippen LogP contribution is 2.32. The van der Waals surface area contributed by atoms with Crippen LogP contribution in [0.4, 0.5) is 0 Å². The molecule has 98 valence electrons. The lowest BCUT2D eigenvalue weighted by molar-refractivity contribution is 0.187. The summed E-state index contributed by atoms with van der Waals surface area (Å²) in [5.41, 5.74) is 1.21. The lowest BCUT2D eigenvalue weighted by Crippen LogP contribution is -2.27. The van der Waals surface area contributed by atoms with E-state index < -0.39 is 0 Å². The lowest BCUT2D eigenvalue weighted by Gasteiger charge is -2.15. The summed E-state index contributed by atoms with van der Waals surface area (Å²) in [6, 6.07) is 0.248. The SMILES string of the molecule is Cc1nc(C(C)(C)C)sc1C(C)NCC(C)O. The van der Waals surface area contributed by atoms with Gasteiger partial charge in [0.15, 0.2) is 0 Å². The van der Waals surface area contributed by atoms with Crippen molar-refractivity contribution < 1.29 is 5.11 Å². The zero-order valence-corrected chi connectivity index (χ0v) is 12.5. The Bertz CT molecular complexity index is 366. The fraction of sp³-hybridized carbons (Fsp3) is 0.769. The van der Waals surface area contributed by atoms with E-state index in [1.165, 1.54) is 9.88 Å². The molecule has 0 radical (unpaired) electrons. The minimum Gasteiger partial charge on any atom is -0.392 e. The second kappa shape index (κ2) is 5.46. The molecular weight excluding hydrogens is 232 g/mol. The third-order valence-corrected chi connectivity index (χ3v) is 4.35. The number of nitrogens with one attached hydrogen (secondary N) is 1. The van der Waals surface area contributed by atoms with Gasteiger partial charge in [-0.05, 0) is 20.8 Å². The highest BCUT2D eigenvalue weighted by Gasteiger charge is 2.22. The van der Waals surface area contributed by atoms with E-state index in [4.69, 9.17) is 0 Å². The molecule has 17 heavy (non-hydrogen) atoms. The molecule has 0 aliphatic rings. The molecule has 0 fully saturated rings. The first-order chi connectivity index (χ1) is 7.71. The van der Waals surface area contributed by atoms with Gasteiger partial charge in [-0.1, -0.05) is 20.8 Å². The van der Waals surface area contributed by atoms with Crippen molar-refractivity contribution in [2.24, 2.45) is 0 Å². The molecule has 1 rings (SSSR count). The van der Waals surface area contributed by atoms with Gasteiger partial charge < -0.3 is 10.4 Å². The summed E-state index contributed by atoms with van der Waals surface area (Å²) in [6.07, 6.45) is -0.312. The first-order valence-corrected chi connectivity index (χ1v) is 6.92. The standard InChI is InChI=1S/C13H24N2OS/c1-8(16)7-14-9(2)11-10(3)15-12(17-11)13(4,5)6/h8-9,14,16H,7H2,1-6H3. The van der Waals surface area contributed by atoms with Crippen molar-refractivity contribution >= 4 is 11.3 Å². The molecule has 0 amide bonds. The first-order valence-electron chi connectivity index (χ1n) is 6.11. The zero-order chi connectivity index (χ0) is 13.2. The molecule has 0 aromatic carbocycles. The lowest BCUT2D eigenvalue weighted by atomic mass is 9.98. The van der Waals surface area contributed by atoms with Gasteiger partial charge in [-0.25, -0.2) is 4.98 Å². The second-order valence-electron chi connectivity index (χ2n) is 5.70. The number of hydrogen-bond donors (Lipinski definition) is 2. The molecule has 0 bridgehead atoms. The van der Waals surface area contributed by atoms with Gasteiger partial charge in [-0.15, -0.1) is 11.3 Å². The summed E-state index contributed by atoms with van der Waals surface area (Å²) in [6.45, 7) is 13.1. The van der Waals surface area contributed by atoms with Gasteiger partial charge in [-0.2, -0.15) is 0 Å². The highest BCUT2D eigenvalue weighted by atomic mass is 32.1. The van der Waals surface area contributed by atoms with Gasteiger partial charge in [0.25, 0.3) is 0 Å². The molecule has 1 aromatic rings. The van der Waals surface area contributed by atoms with E-state index in [1.54, 1.807) is 18.3 Å². The molecule has 1 heterocycles. The van der Waals surface area contributed by atoms with Crippen LogP contribution in [0.25, 0.3) is 0 Å². The Balaban J connectivity index is 2.80. The number of aliphatic hydroxyl groups excluding tert-OH is 1. The summed E-state index contributed by atoms with van der Waals surface area (Å²) in [5.74, 6) is 0. The molecule has 2 unspecified atom stereocenters. The fourth-order valence-corrected chi connectivity index (χ4v) is 2.72. The van der Waals surface area contributed by atoms with E-state index in [2.05, 4.69) is 44.9 Å². The van der Waals surface area contributed by atoms with E-state index in [9.17, 15) is 5.11 Å². The largest absolute Gasteiger partial charge is 0.392 e. The van der Waals surface area contributed by atoms with Gasteiger partial charge >= 0.3 is 0 Å². The normalized spacial score (nSPS) is 15.9. The number of aliphatic hydroxyl groups is 1. The van der Waals surface area contributed by atoms with E-state index in [0.717, 1.165) is 5.69 Å². The van der Waals surface area contributed by atoms with Crippen molar-refractivity contribution in [3.63, 3.8) is 0 Å².